The molecular formula is C16H15Br2Cl. The Hall–Kier alpha value is -0.310. The molecule has 3 heteroatoms. The molecule has 100 valence electrons. The van der Waals surface area contributed by atoms with Crippen LogP contribution in [0.3, 0.4) is 0 Å². The van der Waals surface area contributed by atoms with E-state index >= 15 is 0 Å². The summed E-state index contributed by atoms with van der Waals surface area (Å²) in [6, 6.07) is 16.7. The molecule has 0 nitrogen and oxygen atoms in total. The van der Waals surface area contributed by atoms with E-state index in [2.05, 4.69) is 68.3 Å². The lowest BCUT2D eigenvalue weighted by Crippen LogP contribution is -2.09. The summed E-state index contributed by atoms with van der Waals surface area (Å²) in [6.07, 6.45) is 2.12. The number of benzene rings is 2. The van der Waals surface area contributed by atoms with Crippen molar-refractivity contribution >= 4 is 43.5 Å². The summed E-state index contributed by atoms with van der Waals surface area (Å²) >= 11 is 13.1. The smallest absolute Gasteiger partial charge is 0.0408 e. The standard InChI is InChI=1S/C16H15Br2Cl/c17-11-14(8-12-4-6-15(18)7-5-12)9-13-2-1-3-16(19)10-13/h1-7,10,14H,8-9,11H2. The Morgan fingerprint density at radius 1 is 0.947 bits per heavy atom. The fraction of sp³-hybridized carbons (Fsp3) is 0.250. The number of rotatable bonds is 5. The van der Waals surface area contributed by atoms with Crippen LogP contribution in [0.5, 0.6) is 0 Å². The topological polar surface area (TPSA) is 0 Å². The summed E-state index contributed by atoms with van der Waals surface area (Å²) < 4.78 is 1.13. The normalized spacial score (nSPS) is 12.4. The quantitative estimate of drug-likeness (QED) is 0.546. The molecule has 2 aromatic carbocycles. The Bertz CT molecular complexity index is 523. The van der Waals surface area contributed by atoms with Gasteiger partial charge in [-0.25, -0.2) is 0 Å². The van der Waals surface area contributed by atoms with Crippen molar-refractivity contribution in [3.8, 4) is 0 Å². The molecule has 0 saturated carbocycles. The average Bonchev–Trinajstić information content (AvgIpc) is 2.40. The minimum atomic E-state index is 0.583. The summed E-state index contributed by atoms with van der Waals surface area (Å²) in [5, 5.41) is 1.81. The molecule has 2 rings (SSSR count). The maximum Gasteiger partial charge on any atom is 0.0408 e. The molecule has 1 atom stereocenters. The highest BCUT2D eigenvalue weighted by atomic mass is 79.9. The van der Waals surface area contributed by atoms with Crippen molar-refractivity contribution in [3.05, 3.63) is 69.2 Å². The molecule has 0 fully saturated rings. The van der Waals surface area contributed by atoms with Gasteiger partial charge in [0, 0.05) is 14.8 Å². The first-order valence-corrected chi connectivity index (χ1v) is 8.51. The predicted octanol–water partition coefficient (Wildman–Crippen LogP) is 5.90. The zero-order valence-corrected chi connectivity index (χ0v) is 14.4. The van der Waals surface area contributed by atoms with E-state index in [1.807, 2.05) is 12.1 Å². The molecule has 0 bridgehead atoms. The van der Waals surface area contributed by atoms with E-state index < -0.39 is 0 Å². The van der Waals surface area contributed by atoms with Gasteiger partial charge in [-0.1, -0.05) is 67.7 Å². The van der Waals surface area contributed by atoms with Crippen LogP contribution in [-0.4, -0.2) is 5.33 Å². The highest BCUT2D eigenvalue weighted by Gasteiger charge is 2.10. The second kappa shape index (κ2) is 7.47. The van der Waals surface area contributed by atoms with Crippen LogP contribution < -0.4 is 0 Å². The lowest BCUT2D eigenvalue weighted by Gasteiger charge is -2.14. The number of halogens is 3. The van der Waals surface area contributed by atoms with E-state index in [1.165, 1.54) is 11.1 Å². The zero-order valence-electron chi connectivity index (χ0n) is 10.5. The monoisotopic (exact) mass is 400 g/mol. The molecule has 0 radical (unpaired) electrons. The van der Waals surface area contributed by atoms with E-state index in [1.54, 1.807) is 0 Å². The molecule has 0 spiro atoms. The summed E-state index contributed by atoms with van der Waals surface area (Å²) in [4.78, 5) is 0. The van der Waals surface area contributed by atoms with E-state index in [0.29, 0.717) is 5.92 Å². The second-order valence-electron chi connectivity index (χ2n) is 4.68. The molecule has 0 N–H and O–H groups in total. The van der Waals surface area contributed by atoms with Crippen LogP contribution in [0.4, 0.5) is 0 Å². The Morgan fingerprint density at radius 3 is 2.26 bits per heavy atom. The minimum absolute atomic E-state index is 0.583. The first kappa shape index (κ1) is 15.1. The largest absolute Gasteiger partial charge is 0.0925 e. The third-order valence-corrected chi connectivity index (χ3v) is 4.75. The summed E-state index contributed by atoms with van der Waals surface area (Å²) in [5.74, 6) is 0.583. The second-order valence-corrected chi connectivity index (χ2v) is 6.68. The van der Waals surface area contributed by atoms with E-state index in [4.69, 9.17) is 11.6 Å². The number of hydrogen-bond donors (Lipinski definition) is 0. The molecule has 0 aliphatic rings. The highest BCUT2D eigenvalue weighted by molar-refractivity contribution is 9.10. The lowest BCUT2D eigenvalue weighted by atomic mass is 9.94. The molecule has 0 amide bonds. The molecule has 0 saturated heterocycles. The average molecular weight is 403 g/mol. The Morgan fingerprint density at radius 2 is 1.63 bits per heavy atom. The van der Waals surface area contributed by atoms with Gasteiger partial charge in [-0.15, -0.1) is 0 Å². The fourth-order valence-electron chi connectivity index (χ4n) is 2.13. The van der Waals surface area contributed by atoms with Crippen LogP contribution in [0, 0.1) is 5.92 Å². The molecule has 0 aliphatic heterocycles. The number of alkyl halides is 1. The number of hydrogen-bond acceptors (Lipinski definition) is 0. The van der Waals surface area contributed by atoms with Crippen molar-refractivity contribution in [2.24, 2.45) is 5.92 Å². The van der Waals surface area contributed by atoms with Crippen LogP contribution in [-0.2, 0) is 12.8 Å². The van der Waals surface area contributed by atoms with Gasteiger partial charge in [-0.05, 0) is 54.2 Å². The maximum atomic E-state index is 6.03. The molecule has 2 aromatic rings. The van der Waals surface area contributed by atoms with Crippen molar-refractivity contribution in [2.75, 3.05) is 5.33 Å². The first-order chi connectivity index (χ1) is 9.17. The van der Waals surface area contributed by atoms with Crippen LogP contribution >= 0.6 is 43.5 Å². The van der Waals surface area contributed by atoms with Gasteiger partial charge in [-0.3, -0.25) is 0 Å². The van der Waals surface area contributed by atoms with Crippen molar-refractivity contribution < 1.29 is 0 Å². The van der Waals surface area contributed by atoms with Gasteiger partial charge in [0.05, 0.1) is 0 Å². The molecule has 1 unspecified atom stereocenters. The highest BCUT2D eigenvalue weighted by Crippen LogP contribution is 2.20. The van der Waals surface area contributed by atoms with Crippen LogP contribution in [0.2, 0.25) is 5.02 Å². The van der Waals surface area contributed by atoms with Crippen LogP contribution in [0.1, 0.15) is 11.1 Å². The molecule has 19 heavy (non-hydrogen) atoms. The third kappa shape index (κ3) is 4.94. The predicted molar refractivity (Wildman–Crippen MR) is 90.3 cm³/mol. The SMILES string of the molecule is Clc1cccc(CC(CBr)Cc2ccc(Br)cc2)c1. The van der Waals surface area contributed by atoms with Gasteiger partial charge < -0.3 is 0 Å². The minimum Gasteiger partial charge on any atom is -0.0925 e. The summed E-state index contributed by atoms with van der Waals surface area (Å²) in [5.41, 5.74) is 2.67. The molecule has 0 aromatic heterocycles. The van der Waals surface area contributed by atoms with Crippen molar-refractivity contribution in [1.29, 1.82) is 0 Å². The summed E-state index contributed by atoms with van der Waals surface area (Å²) in [7, 11) is 0. The Kier molecular flexibility index (Phi) is 5.93. The lowest BCUT2D eigenvalue weighted by molar-refractivity contribution is 0.591. The summed E-state index contributed by atoms with van der Waals surface area (Å²) in [6.45, 7) is 0. The van der Waals surface area contributed by atoms with Gasteiger partial charge >= 0.3 is 0 Å². The van der Waals surface area contributed by atoms with Crippen molar-refractivity contribution in [2.45, 2.75) is 12.8 Å². The third-order valence-electron chi connectivity index (χ3n) is 3.07. The first-order valence-electron chi connectivity index (χ1n) is 6.22. The molecule has 0 aliphatic carbocycles. The molecular weight excluding hydrogens is 387 g/mol. The van der Waals surface area contributed by atoms with E-state index in [0.717, 1.165) is 27.7 Å². The van der Waals surface area contributed by atoms with Gasteiger partial charge in [0.15, 0.2) is 0 Å². The van der Waals surface area contributed by atoms with Gasteiger partial charge in [0.25, 0.3) is 0 Å². The van der Waals surface area contributed by atoms with Crippen molar-refractivity contribution in [1.82, 2.24) is 0 Å². The van der Waals surface area contributed by atoms with Gasteiger partial charge in [0.1, 0.15) is 0 Å². The van der Waals surface area contributed by atoms with Crippen molar-refractivity contribution in [3.63, 3.8) is 0 Å². The Labute approximate surface area is 136 Å². The fourth-order valence-corrected chi connectivity index (χ4v) is 3.07. The van der Waals surface area contributed by atoms with Crippen LogP contribution in [0.15, 0.2) is 53.0 Å². The Balaban J connectivity index is 2.02. The van der Waals surface area contributed by atoms with Crippen LogP contribution in [0.25, 0.3) is 0 Å². The van der Waals surface area contributed by atoms with E-state index in [-0.39, 0.29) is 0 Å². The zero-order chi connectivity index (χ0) is 13.7. The van der Waals surface area contributed by atoms with Gasteiger partial charge in [0.2, 0.25) is 0 Å². The van der Waals surface area contributed by atoms with Gasteiger partial charge in [-0.2, -0.15) is 0 Å². The molecule has 0 heterocycles. The maximum absolute atomic E-state index is 6.03. The van der Waals surface area contributed by atoms with E-state index in [9.17, 15) is 0 Å².